The van der Waals surface area contributed by atoms with Crippen LogP contribution in [0.3, 0.4) is 0 Å². The number of benzene rings is 1. The molecule has 6 nitrogen and oxygen atoms in total. The summed E-state index contributed by atoms with van der Waals surface area (Å²) in [6.07, 6.45) is -1.66. The molecule has 0 bridgehead atoms. The van der Waals surface area contributed by atoms with Gasteiger partial charge < -0.3 is 10.6 Å². The fraction of sp³-hybridized carbons (Fsp3) is 0.611. The molecule has 1 unspecified atom stereocenters. The lowest BCUT2D eigenvalue weighted by Crippen LogP contribution is -2.44. The third kappa shape index (κ3) is 7.93. The molecule has 0 aliphatic carbocycles. The maximum atomic E-state index is 12.9. The lowest BCUT2D eigenvalue weighted by atomic mass is 9.98. The van der Waals surface area contributed by atoms with Crippen LogP contribution in [0.15, 0.2) is 29.3 Å². The van der Waals surface area contributed by atoms with E-state index in [1.165, 1.54) is 16.6 Å². The van der Waals surface area contributed by atoms with Gasteiger partial charge in [0.25, 0.3) is 0 Å². The van der Waals surface area contributed by atoms with Gasteiger partial charge in [-0.05, 0) is 43.4 Å². The summed E-state index contributed by atoms with van der Waals surface area (Å²) in [6, 6.07) is 4.85. The predicted molar refractivity (Wildman–Crippen MR) is 119 cm³/mol. The number of alkyl halides is 3. The van der Waals surface area contributed by atoms with Gasteiger partial charge in [-0.3, -0.25) is 4.99 Å². The molecule has 1 aromatic carbocycles. The SMILES string of the molecule is CN=C(NCC1CCN(S(C)(=O)=O)CC1)NC(C)c1cccc(C(F)(F)F)c1.I. The molecule has 29 heavy (non-hydrogen) atoms. The molecule has 1 aromatic rings. The topological polar surface area (TPSA) is 73.8 Å². The fourth-order valence-electron chi connectivity index (χ4n) is 3.15. The maximum Gasteiger partial charge on any atom is 0.416 e. The number of hydrogen-bond donors (Lipinski definition) is 2. The number of sulfonamides is 1. The number of guanidine groups is 1. The van der Waals surface area contributed by atoms with Crippen LogP contribution in [0, 0.1) is 5.92 Å². The summed E-state index contributed by atoms with van der Waals surface area (Å²) in [4.78, 5) is 4.13. The van der Waals surface area contributed by atoms with Crippen molar-refractivity contribution in [1.82, 2.24) is 14.9 Å². The number of nitrogens with one attached hydrogen (secondary N) is 2. The highest BCUT2D eigenvalue weighted by molar-refractivity contribution is 14.0. The van der Waals surface area contributed by atoms with Gasteiger partial charge in [0.15, 0.2) is 5.96 Å². The van der Waals surface area contributed by atoms with Crippen LogP contribution < -0.4 is 10.6 Å². The van der Waals surface area contributed by atoms with Crippen molar-refractivity contribution in [3.8, 4) is 0 Å². The van der Waals surface area contributed by atoms with Crippen molar-refractivity contribution < 1.29 is 21.6 Å². The Kier molecular flexibility index (Phi) is 9.67. The van der Waals surface area contributed by atoms with Crippen molar-refractivity contribution >= 4 is 40.0 Å². The number of aliphatic imine (C=N–C) groups is 1. The molecule has 2 rings (SSSR count). The smallest absolute Gasteiger partial charge is 0.356 e. The molecule has 0 spiro atoms. The largest absolute Gasteiger partial charge is 0.416 e. The Labute approximate surface area is 187 Å². The second-order valence-corrected chi connectivity index (χ2v) is 9.03. The first-order valence-corrected chi connectivity index (χ1v) is 10.9. The highest BCUT2D eigenvalue weighted by Crippen LogP contribution is 2.30. The van der Waals surface area contributed by atoms with Crippen molar-refractivity contribution in [2.75, 3.05) is 32.9 Å². The van der Waals surface area contributed by atoms with E-state index in [-0.39, 0.29) is 30.0 Å². The van der Waals surface area contributed by atoms with E-state index >= 15 is 0 Å². The number of hydrogen-bond acceptors (Lipinski definition) is 3. The molecule has 1 saturated heterocycles. The summed E-state index contributed by atoms with van der Waals surface area (Å²) in [7, 11) is -1.55. The quantitative estimate of drug-likeness (QED) is 0.337. The van der Waals surface area contributed by atoms with Crippen LogP contribution in [-0.2, 0) is 16.2 Å². The van der Waals surface area contributed by atoms with Crippen LogP contribution in [0.4, 0.5) is 13.2 Å². The normalized spacial score (nSPS) is 18.1. The second kappa shape index (κ2) is 10.8. The molecule has 11 heteroatoms. The number of rotatable bonds is 5. The highest BCUT2D eigenvalue weighted by Gasteiger charge is 2.30. The van der Waals surface area contributed by atoms with Crippen molar-refractivity contribution in [2.24, 2.45) is 10.9 Å². The van der Waals surface area contributed by atoms with Crippen molar-refractivity contribution in [1.29, 1.82) is 0 Å². The van der Waals surface area contributed by atoms with E-state index in [0.717, 1.165) is 25.0 Å². The predicted octanol–water partition coefficient (Wildman–Crippen LogP) is 3.22. The van der Waals surface area contributed by atoms with Gasteiger partial charge >= 0.3 is 6.18 Å². The van der Waals surface area contributed by atoms with E-state index in [2.05, 4.69) is 15.6 Å². The summed E-state index contributed by atoms with van der Waals surface area (Å²) in [5, 5.41) is 6.29. The average Bonchev–Trinajstić information content (AvgIpc) is 2.64. The highest BCUT2D eigenvalue weighted by atomic mass is 127. The standard InChI is InChI=1S/C18H27F3N4O2S.HI/c1-13(15-5-4-6-16(11-15)18(19,20)21)24-17(22-2)23-12-14-7-9-25(10-8-14)28(3,26)27;/h4-6,11,13-14H,7-10,12H2,1-3H3,(H2,22,23,24);1H. The van der Waals surface area contributed by atoms with Crippen LogP contribution in [-0.4, -0.2) is 51.6 Å². The first kappa shape index (κ1) is 26.0. The average molecular weight is 548 g/mol. The number of halogens is 4. The van der Waals surface area contributed by atoms with Crippen LogP contribution in [0.2, 0.25) is 0 Å². The van der Waals surface area contributed by atoms with E-state index in [0.29, 0.717) is 37.1 Å². The molecule has 0 saturated carbocycles. The minimum Gasteiger partial charge on any atom is -0.356 e. The number of nitrogens with zero attached hydrogens (tertiary/aromatic N) is 2. The van der Waals surface area contributed by atoms with Crippen LogP contribution in [0.25, 0.3) is 0 Å². The monoisotopic (exact) mass is 548 g/mol. The van der Waals surface area contributed by atoms with Gasteiger partial charge in [-0.25, -0.2) is 12.7 Å². The first-order chi connectivity index (χ1) is 13.0. The lowest BCUT2D eigenvalue weighted by Gasteiger charge is -2.30. The molecule has 1 aliphatic rings. The van der Waals surface area contributed by atoms with Gasteiger partial charge in [-0.2, -0.15) is 13.2 Å². The third-order valence-electron chi connectivity index (χ3n) is 4.89. The Morgan fingerprint density at radius 3 is 2.45 bits per heavy atom. The molecule has 166 valence electrons. The zero-order valence-corrected chi connectivity index (χ0v) is 19.8. The fourth-order valence-corrected chi connectivity index (χ4v) is 4.03. The van der Waals surface area contributed by atoms with E-state index in [4.69, 9.17) is 0 Å². The summed E-state index contributed by atoms with van der Waals surface area (Å²) < 4.78 is 63.3. The van der Waals surface area contributed by atoms with Gasteiger partial charge in [0.1, 0.15) is 0 Å². The molecule has 1 fully saturated rings. The molecule has 0 radical (unpaired) electrons. The Bertz CT molecular complexity index is 795. The van der Waals surface area contributed by atoms with Crippen molar-refractivity contribution in [2.45, 2.75) is 32.0 Å². The molecule has 1 aliphatic heterocycles. The van der Waals surface area contributed by atoms with E-state index < -0.39 is 21.8 Å². The number of piperidine rings is 1. The Balaban J connectivity index is 0.00000420. The van der Waals surface area contributed by atoms with Gasteiger partial charge in [0, 0.05) is 26.7 Å². The van der Waals surface area contributed by atoms with Gasteiger partial charge in [-0.1, -0.05) is 12.1 Å². The van der Waals surface area contributed by atoms with Crippen molar-refractivity contribution in [3.05, 3.63) is 35.4 Å². The summed E-state index contributed by atoms with van der Waals surface area (Å²) in [5.74, 6) is 0.802. The van der Waals surface area contributed by atoms with Gasteiger partial charge in [0.2, 0.25) is 10.0 Å². The van der Waals surface area contributed by atoms with Gasteiger partial charge in [-0.15, -0.1) is 24.0 Å². The molecular formula is C18H28F3IN4O2S. The molecule has 0 aromatic heterocycles. The zero-order valence-electron chi connectivity index (χ0n) is 16.7. The Hall–Kier alpha value is -1.08. The summed E-state index contributed by atoms with van der Waals surface area (Å²) >= 11 is 0. The molecular weight excluding hydrogens is 520 g/mol. The maximum absolute atomic E-state index is 12.9. The third-order valence-corrected chi connectivity index (χ3v) is 6.19. The van der Waals surface area contributed by atoms with Crippen LogP contribution in [0.1, 0.15) is 36.9 Å². The summed E-state index contributed by atoms with van der Waals surface area (Å²) in [6.45, 7) is 3.38. The molecule has 0 amide bonds. The molecule has 1 heterocycles. The van der Waals surface area contributed by atoms with Crippen LogP contribution in [0.5, 0.6) is 0 Å². The zero-order chi connectivity index (χ0) is 20.9. The van der Waals surface area contributed by atoms with E-state index in [9.17, 15) is 21.6 Å². The van der Waals surface area contributed by atoms with Gasteiger partial charge in [0.05, 0.1) is 17.9 Å². The second-order valence-electron chi connectivity index (χ2n) is 7.05. The Morgan fingerprint density at radius 2 is 1.93 bits per heavy atom. The minimum absolute atomic E-state index is 0. The summed E-state index contributed by atoms with van der Waals surface area (Å²) in [5.41, 5.74) is -0.168. The Morgan fingerprint density at radius 1 is 1.31 bits per heavy atom. The van der Waals surface area contributed by atoms with Crippen LogP contribution >= 0.6 is 24.0 Å². The van der Waals surface area contributed by atoms with E-state index in [1.807, 2.05) is 0 Å². The van der Waals surface area contributed by atoms with E-state index in [1.54, 1.807) is 20.0 Å². The first-order valence-electron chi connectivity index (χ1n) is 9.10. The molecule has 1 atom stereocenters. The lowest BCUT2D eigenvalue weighted by molar-refractivity contribution is -0.137. The van der Waals surface area contributed by atoms with Crippen molar-refractivity contribution in [3.63, 3.8) is 0 Å². The molecule has 2 N–H and O–H groups in total. The minimum atomic E-state index is -4.38.